The van der Waals surface area contributed by atoms with Crippen LogP contribution >= 0.6 is 0 Å². The number of fused-ring (bicyclic) bond motifs is 1. The highest BCUT2D eigenvalue weighted by molar-refractivity contribution is 7.89. The molecule has 0 fully saturated rings. The molecule has 3 rings (SSSR count). The molecule has 0 aliphatic carbocycles. The Morgan fingerprint density at radius 2 is 1.64 bits per heavy atom. The molecule has 1 unspecified atom stereocenters. The molecule has 1 aromatic carbocycles. The van der Waals surface area contributed by atoms with E-state index in [4.69, 9.17) is 0 Å². The molecule has 0 spiro atoms. The third kappa shape index (κ3) is 3.94. The molecule has 150 valence electrons. The van der Waals surface area contributed by atoms with Gasteiger partial charge in [0, 0.05) is 6.20 Å². The Balaban J connectivity index is 1.99. The molecular weight excluding hydrogens is 414 g/mol. The van der Waals surface area contributed by atoms with Crippen molar-refractivity contribution in [1.29, 1.82) is 0 Å². The zero-order chi connectivity index (χ0) is 20.7. The van der Waals surface area contributed by atoms with E-state index in [-0.39, 0.29) is 5.65 Å². The molecule has 0 saturated heterocycles. The van der Waals surface area contributed by atoms with Gasteiger partial charge in [0.25, 0.3) is 10.0 Å². The Bertz CT molecular complexity index is 1090. The Morgan fingerprint density at radius 3 is 2.21 bits per heavy atom. The van der Waals surface area contributed by atoms with Crippen LogP contribution in [0.25, 0.3) is 5.65 Å². The van der Waals surface area contributed by atoms with E-state index >= 15 is 0 Å². The summed E-state index contributed by atoms with van der Waals surface area (Å²) < 4.78 is 105. The number of sulfonamides is 1. The normalized spacial score (nSPS) is 14.4. The maximum atomic E-state index is 13.4. The van der Waals surface area contributed by atoms with Gasteiger partial charge in [0.05, 0.1) is 11.8 Å². The molecule has 6 nitrogen and oxygen atoms in total. The molecular formula is C15H10F6N4O2S. The van der Waals surface area contributed by atoms with E-state index in [0.29, 0.717) is 24.3 Å². The minimum absolute atomic E-state index is 0.0842. The van der Waals surface area contributed by atoms with Crippen molar-refractivity contribution in [3.63, 3.8) is 0 Å². The average molecular weight is 424 g/mol. The largest absolute Gasteiger partial charge is 0.416 e. The van der Waals surface area contributed by atoms with Gasteiger partial charge in [0.1, 0.15) is 6.04 Å². The number of hydrogen-bond acceptors (Lipinski definition) is 4. The molecule has 0 saturated carbocycles. The minimum Gasteiger partial charge on any atom is -0.234 e. The monoisotopic (exact) mass is 424 g/mol. The summed E-state index contributed by atoms with van der Waals surface area (Å²) in [5.74, 6) is 0. The third-order valence-electron chi connectivity index (χ3n) is 3.69. The number of halogens is 6. The quantitative estimate of drug-likeness (QED) is 0.652. The highest BCUT2D eigenvalue weighted by Crippen LogP contribution is 2.36. The second-order valence-electron chi connectivity index (χ2n) is 5.61. The number of imidazole rings is 1. The highest BCUT2D eigenvalue weighted by Gasteiger charge is 2.44. The lowest BCUT2D eigenvalue weighted by atomic mass is 10.1. The van der Waals surface area contributed by atoms with Gasteiger partial charge in [-0.1, -0.05) is 12.1 Å². The fourth-order valence-electron chi connectivity index (χ4n) is 2.39. The van der Waals surface area contributed by atoms with Crippen LogP contribution < -0.4 is 4.72 Å². The number of benzene rings is 1. The number of nitrogens with one attached hydrogen (secondary N) is 1. The molecule has 0 aliphatic heterocycles. The summed E-state index contributed by atoms with van der Waals surface area (Å²) in [6.45, 7) is 0. The fourth-order valence-corrected chi connectivity index (χ4v) is 3.66. The van der Waals surface area contributed by atoms with Crippen LogP contribution in [-0.4, -0.2) is 29.2 Å². The Kier molecular flexibility index (Phi) is 4.83. The van der Waals surface area contributed by atoms with Crippen LogP contribution in [0.1, 0.15) is 17.2 Å². The molecule has 1 atom stereocenters. The lowest BCUT2D eigenvalue weighted by Gasteiger charge is -2.22. The first kappa shape index (κ1) is 20.1. The minimum atomic E-state index is -5.11. The van der Waals surface area contributed by atoms with Gasteiger partial charge in [0.15, 0.2) is 10.7 Å². The smallest absolute Gasteiger partial charge is 0.234 e. The number of rotatable bonds is 4. The number of aromatic nitrogens is 3. The zero-order valence-corrected chi connectivity index (χ0v) is 14.3. The van der Waals surface area contributed by atoms with E-state index in [9.17, 15) is 34.8 Å². The molecule has 0 bridgehead atoms. The van der Waals surface area contributed by atoms with Gasteiger partial charge in [0.2, 0.25) is 0 Å². The predicted molar refractivity (Wildman–Crippen MR) is 83.5 cm³/mol. The van der Waals surface area contributed by atoms with Crippen LogP contribution in [0.2, 0.25) is 0 Å². The summed E-state index contributed by atoms with van der Waals surface area (Å²) >= 11 is 0. The highest BCUT2D eigenvalue weighted by atomic mass is 32.2. The van der Waals surface area contributed by atoms with Gasteiger partial charge in [-0.05, 0) is 29.8 Å². The molecule has 0 aliphatic rings. The number of hydrogen-bond donors (Lipinski definition) is 1. The Hall–Kier alpha value is -2.67. The summed E-state index contributed by atoms with van der Waals surface area (Å²) in [5.41, 5.74) is -1.78. The summed E-state index contributed by atoms with van der Waals surface area (Å²) in [7, 11) is -4.77. The van der Waals surface area contributed by atoms with Gasteiger partial charge in [-0.15, -0.1) is 0 Å². The first-order chi connectivity index (χ1) is 12.9. The molecule has 1 N–H and O–H groups in total. The molecule has 3 aromatic rings. The van der Waals surface area contributed by atoms with Crippen LogP contribution in [0.3, 0.4) is 0 Å². The van der Waals surface area contributed by atoms with Crippen molar-refractivity contribution in [1.82, 2.24) is 19.3 Å². The Labute approximate surface area is 153 Å². The molecule has 0 amide bonds. The van der Waals surface area contributed by atoms with E-state index < -0.39 is 44.6 Å². The van der Waals surface area contributed by atoms with Crippen LogP contribution in [0.4, 0.5) is 26.3 Å². The maximum Gasteiger partial charge on any atom is 0.416 e. The van der Waals surface area contributed by atoms with E-state index in [1.807, 2.05) is 0 Å². The summed E-state index contributed by atoms with van der Waals surface area (Å²) in [5, 5.41) is 3.07. The number of alkyl halides is 6. The fraction of sp³-hybridized carbons (Fsp3) is 0.200. The van der Waals surface area contributed by atoms with Crippen LogP contribution in [0.15, 0.2) is 53.8 Å². The van der Waals surface area contributed by atoms with E-state index in [0.717, 1.165) is 10.7 Å². The average Bonchev–Trinajstić information content (AvgIpc) is 3.03. The van der Waals surface area contributed by atoms with E-state index in [1.165, 1.54) is 23.1 Å². The zero-order valence-electron chi connectivity index (χ0n) is 13.5. The third-order valence-corrected chi connectivity index (χ3v) is 5.07. The van der Waals surface area contributed by atoms with Crippen LogP contribution in [-0.2, 0) is 16.2 Å². The first-order valence-corrected chi connectivity index (χ1v) is 8.93. The van der Waals surface area contributed by atoms with Gasteiger partial charge in [-0.2, -0.15) is 36.2 Å². The van der Waals surface area contributed by atoms with Gasteiger partial charge < -0.3 is 0 Å². The van der Waals surface area contributed by atoms with Crippen molar-refractivity contribution in [2.45, 2.75) is 23.4 Å². The van der Waals surface area contributed by atoms with Crippen molar-refractivity contribution in [2.24, 2.45) is 0 Å². The molecule has 2 heterocycles. The molecule has 0 radical (unpaired) electrons. The Morgan fingerprint density at radius 1 is 1.00 bits per heavy atom. The lowest BCUT2D eigenvalue weighted by molar-refractivity contribution is -0.153. The second-order valence-corrected chi connectivity index (χ2v) is 7.27. The topological polar surface area (TPSA) is 76.4 Å². The van der Waals surface area contributed by atoms with Crippen molar-refractivity contribution >= 4 is 15.7 Å². The van der Waals surface area contributed by atoms with Crippen LogP contribution in [0, 0.1) is 0 Å². The predicted octanol–water partition coefficient (Wildman–Crippen LogP) is 3.33. The molecule has 2 aromatic heterocycles. The number of nitrogens with zero attached hydrogens (tertiary/aromatic N) is 3. The summed E-state index contributed by atoms with van der Waals surface area (Å²) in [6, 6.07) is 2.09. The van der Waals surface area contributed by atoms with Crippen molar-refractivity contribution < 1.29 is 34.8 Å². The van der Waals surface area contributed by atoms with Crippen molar-refractivity contribution in [2.75, 3.05) is 0 Å². The summed E-state index contributed by atoms with van der Waals surface area (Å²) in [6.07, 6.45) is -7.82. The van der Waals surface area contributed by atoms with Crippen LogP contribution in [0.5, 0.6) is 0 Å². The van der Waals surface area contributed by atoms with Crippen molar-refractivity contribution in [3.05, 3.63) is 59.9 Å². The van der Waals surface area contributed by atoms with E-state index in [2.05, 4.69) is 10.1 Å². The lowest BCUT2D eigenvalue weighted by Crippen LogP contribution is -2.38. The maximum absolute atomic E-state index is 13.4. The molecule has 13 heteroatoms. The SMILES string of the molecule is O=S(=O)(NC(c1ccc(C(F)(F)F)cc1)C(F)(F)F)c1cnc2cccnn12. The van der Waals surface area contributed by atoms with Crippen molar-refractivity contribution in [3.8, 4) is 0 Å². The standard InChI is InChI=1S/C15H10F6N4O2S/c16-14(17,18)10-5-3-9(4-6-10)13(15(19,20)21)24-28(26,27)12-8-22-11-2-1-7-23-25(11)12/h1-8,13,24H. The second kappa shape index (κ2) is 6.74. The van der Waals surface area contributed by atoms with Gasteiger partial charge in [-0.3, -0.25) is 0 Å². The van der Waals surface area contributed by atoms with Gasteiger partial charge in [-0.25, -0.2) is 17.9 Å². The molecule has 28 heavy (non-hydrogen) atoms. The summed E-state index contributed by atoms with van der Waals surface area (Å²) in [4.78, 5) is 3.74. The first-order valence-electron chi connectivity index (χ1n) is 7.44. The van der Waals surface area contributed by atoms with Gasteiger partial charge >= 0.3 is 12.4 Å². The van der Waals surface area contributed by atoms with E-state index in [1.54, 1.807) is 0 Å².